The molecule has 0 radical (unpaired) electrons. The minimum absolute atomic E-state index is 0.377. The summed E-state index contributed by atoms with van der Waals surface area (Å²) in [7, 11) is 0. The number of phenols is 2. The third-order valence-electron chi connectivity index (χ3n) is 8.54. The van der Waals surface area contributed by atoms with Gasteiger partial charge in [-0.15, -0.1) is 0 Å². The van der Waals surface area contributed by atoms with E-state index < -0.39 is 0 Å². The summed E-state index contributed by atoms with van der Waals surface area (Å²) in [5, 5.41) is 20.4. The predicted octanol–water partition coefficient (Wildman–Crippen LogP) is 10.6. The molecule has 0 aliphatic heterocycles. The Morgan fingerprint density at radius 2 is 0.733 bits per heavy atom. The van der Waals surface area contributed by atoms with Gasteiger partial charge in [0.05, 0.1) is 0 Å². The lowest BCUT2D eigenvalue weighted by atomic mass is 9.99. The molecule has 0 aliphatic carbocycles. The number of hydrogen-bond acceptors (Lipinski definition) is 3. The van der Waals surface area contributed by atoms with Crippen molar-refractivity contribution in [1.82, 2.24) is 0 Å². The number of aryl methyl sites for hydroxylation is 4. The first-order valence-corrected chi connectivity index (χ1v) is 15.5. The Morgan fingerprint density at radius 3 is 1.11 bits per heavy atom. The van der Waals surface area contributed by atoms with E-state index in [1.807, 2.05) is 33.8 Å². The molecule has 224 valence electrons. The molecule has 0 bridgehead atoms. The van der Waals surface area contributed by atoms with Gasteiger partial charge in [-0.2, -0.15) is 0 Å². The Bertz CT molecular complexity index is 1770. The minimum atomic E-state index is 0.377. The van der Waals surface area contributed by atoms with E-state index in [4.69, 9.17) is 0 Å². The van der Waals surface area contributed by atoms with E-state index >= 15 is 0 Å². The van der Waals surface area contributed by atoms with Crippen molar-refractivity contribution in [3.05, 3.63) is 172 Å². The van der Waals surface area contributed by atoms with Crippen LogP contribution in [0.25, 0.3) is 11.1 Å². The molecule has 6 rings (SSSR count). The van der Waals surface area contributed by atoms with Crippen LogP contribution >= 0.6 is 0 Å². The second kappa shape index (κ2) is 12.8. The number of hydrogen-bond donors (Lipinski definition) is 2. The van der Waals surface area contributed by atoms with Crippen LogP contribution in [0.1, 0.15) is 44.5 Å². The highest BCUT2D eigenvalue weighted by atomic mass is 16.3. The van der Waals surface area contributed by atoms with Crippen LogP contribution in [-0.4, -0.2) is 10.2 Å². The van der Waals surface area contributed by atoms with Gasteiger partial charge in [-0.05, 0) is 133 Å². The van der Waals surface area contributed by atoms with Gasteiger partial charge in [0.2, 0.25) is 0 Å². The van der Waals surface area contributed by atoms with Crippen LogP contribution in [0.5, 0.6) is 11.5 Å². The van der Waals surface area contributed by atoms with Crippen molar-refractivity contribution < 1.29 is 10.2 Å². The van der Waals surface area contributed by atoms with Crippen LogP contribution in [0.3, 0.4) is 0 Å². The minimum Gasteiger partial charge on any atom is -0.507 e. The highest BCUT2D eigenvalue weighted by Gasteiger charge is 2.14. The fourth-order valence-corrected chi connectivity index (χ4v) is 6.17. The van der Waals surface area contributed by atoms with Gasteiger partial charge in [0, 0.05) is 17.1 Å². The molecule has 0 saturated carbocycles. The lowest BCUT2D eigenvalue weighted by Gasteiger charge is -2.26. The molecule has 3 heteroatoms. The van der Waals surface area contributed by atoms with E-state index in [2.05, 4.69) is 126 Å². The molecule has 0 heterocycles. The van der Waals surface area contributed by atoms with Crippen molar-refractivity contribution in [2.75, 3.05) is 4.90 Å². The number of aromatic hydroxyl groups is 2. The lowest BCUT2D eigenvalue weighted by molar-refractivity contribution is 0.466. The third-order valence-corrected chi connectivity index (χ3v) is 8.54. The number of benzene rings is 6. The van der Waals surface area contributed by atoms with Crippen molar-refractivity contribution in [1.29, 1.82) is 0 Å². The van der Waals surface area contributed by atoms with Gasteiger partial charge < -0.3 is 15.1 Å². The zero-order chi connectivity index (χ0) is 31.5. The number of anilines is 3. The summed E-state index contributed by atoms with van der Waals surface area (Å²) in [5.74, 6) is 0.754. The van der Waals surface area contributed by atoms with Gasteiger partial charge in [-0.3, -0.25) is 0 Å². The summed E-state index contributed by atoms with van der Waals surface area (Å²) < 4.78 is 0. The Morgan fingerprint density at radius 1 is 0.400 bits per heavy atom. The van der Waals surface area contributed by atoms with Crippen LogP contribution in [0, 0.1) is 27.7 Å². The standard InChI is InChI=1S/C42H39NO2/c1-28-22-34(23-29(2)41(28)44)26-32-10-16-38(17-11-32)43(40-20-14-37(15-21-40)36-8-6-5-7-9-36)39-18-12-33(13-19-39)27-35-24-30(3)42(45)31(4)25-35/h5-25,44-45H,26-27H2,1-4H3. The van der Waals surface area contributed by atoms with Crippen LogP contribution in [0.2, 0.25) is 0 Å². The van der Waals surface area contributed by atoms with Crippen molar-refractivity contribution in [2.24, 2.45) is 0 Å². The van der Waals surface area contributed by atoms with Crippen LogP contribution < -0.4 is 4.90 Å². The molecular weight excluding hydrogens is 550 g/mol. The van der Waals surface area contributed by atoms with Gasteiger partial charge >= 0.3 is 0 Å². The summed E-state index contributed by atoms with van der Waals surface area (Å²) >= 11 is 0. The first kappa shape index (κ1) is 29.8. The highest BCUT2D eigenvalue weighted by molar-refractivity contribution is 5.78. The number of rotatable bonds is 8. The largest absolute Gasteiger partial charge is 0.507 e. The van der Waals surface area contributed by atoms with Crippen molar-refractivity contribution >= 4 is 17.1 Å². The summed E-state index contributed by atoms with van der Waals surface area (Å²) in [6, 6.07) is 45.0. The highest BCUT2D eigenvalue weighted by Crippen LogP contribution is 2.36. The van der Waals surface area contributed by atoms with Gasteiger partial charge in [0.15, 0.2) is 0 Å². The fraction of sp³-hybridized carbons (Fsp3) is 0.143. The van der Waals surface area contributed by atoms with Crippen molar-refractivity contribution in [3.63, 3.8) is 0 Å². The van der Waals surface area contributed by atoms with Gasteiger partial charge in [-0.1, -0.05) is 91.0 Å². The zero-order valence-corrected chi connectivity index (χ0v) is 26.4. The molecule has 45 heavy (non-hydrogen) atoms. The molecule has 0 aromatic heterocycles. The maximum atomic E-state index is 10.2. The second-order valence-corrected chi connectivity index (χ2v) is 12.1. The van der Waals surface area contributed by atoms with Crippen molar-refractivity contribution in [2.45, 2.75) is 40.5 Å². The lowest BCUT2D eigenvalue weighted by Crippen LogP contribution is -2.10. The van der Waals surface area contributed by atoms with E-state index in [0.29, 0.717) is 11.5 Å². The SMILES string of the molecule is Cc1cc(Cc2ccc(N(c3ccc(Cc4cc(C)c(O)c(C)c4)cc3)c3ccc(-c4ccccc4)cc3)cc2)cc(C)c1O. The quantitative estimate of drug-likeness (QED) is 0.186. The van der Waals surface area contributed by atoms with Crippen LogP contribution in [0.4, 0.5) is 17.1 Å². The van der Waals surface area contributed by atoms with Gasteiger partial charge in [-0.25, -0.2) is 0 Å². The second-order valence-electron chi connectivity index (χ2n) is 12.1. The monoisotopic (exact) mass is 589 g/mol. The molecule has 6 aromatic carbocycles. The van der Waals surface area contributed by atoms with E-state index in [1.165, 1.54) is 33.4 Å². The average Bonchev–Trinajstić information content (AvgIpc) is 3.05. The Labute approximate surface area is 266 Å². The van der Waals surface area contributed by atoms with Crippen LogP contribution in [-0.2, 0) is 12.8 Å². The summed E-state index contributed by atoms with van der Waals surface area (Å²) in [5.41, 5.74) is 14.1. The zero-order valence-electron chi connectivity index (χ0n) is 26.4. The molecule has 0 amide bonds. The Hall–Kier alpha value is -5.28. The molecule has 0 spiro atoms. The molecule has 3 nitrogen and oxygen atoms in total. The van der Waals surface area contributed by atoms with E-state index in [1.54, 1.807) is 0 Å². The average molecular weight is 590 g/mol. The molecule has 6 aromatic rings. The maximum Gasteiger partial charge on any atom is 0.121 e. The first-order chi connectivity index (χ1) is 21.7. The van der Waals surface area contributed by atoms with Gasteiger partial charge in [0.1, 0.15) is 11.5 Å². The molecule has 2 N–H and O–H groups in total. The number of nitrogens with zero attached hydrogens (tertiary/aromatic N) is 1. The molecule has 0 atom stereocenters. The van der Waals surface area contributed by atoms with Crippen LogP contribution in [0.15, 0.2) is 127 Å². The fourth-order valence-electron chi connectivity index (χ4n) is 6.17. The normalized spacial score (nSPS) is 11.0. The van der Waals surface area contributed by atoms with E-state index in [-0.39, 0.29) is 0 Å². The summed E-state index contributed by atoms with van der Waals surface area (Å²) in [4.78, 5) is 2.30. The van der Waals surface area contributed by atoms with E-state index in [9.17, 15) is 10.2 Å². The Kier molecular flexibility index (Phi) is 8.44. The number of phenolic OH excluding ortho intramolecular Hbond substituents is 2. The molecule has 0 fully saturated rings. The third kappa shape index (κ3) is 6.63. The molecule has 0 aliphatic rings. The molecule has 0 unspecified atom stereocenters. The molecular formula is C42H39NO2. The Balaban J connectivity index is 1.31. The topological polar surface area (TPSA) is 43.7 Å². The maximum absolute atomic E-state index is 10.2. The summed E-state index contributed by atoms with van der Waals surface area (Å²) in [6.07, 6.45) is 1.61. The van der Waals surface area contributed by atoms with Crippen molar-refractivity contribution in [3.8, 4) is 22.6 Å². The predicted molar refractivity (Wildman–Crippen MR) is 187 cm³/mol. The van der Waals surface area contributed by atoms with E-state index in [0.717, 1.165) is 52.2 Å². The smallest absolute Gasteiger partial charge is 0.121 e. The first-order valence-electron chi connectivity index (χ1n) is 15.5. The summed E-state index contributed by atoms with van der Waals surface area (Å²) in [6.45, 7) is 7.81. The van der Waals surface area contributed by atoms with Gasteiger partial charge in [0.25, 0.3) is 0 Å². The molecule has 0 saturated heterocycles.